The molecule has 1 atom stereocenters. The predicted octanol–water partition coefficient (Wildman–Crippen LogP) is 2.83. The van der Waals surface area contributed by atoms with Crippen LogP contribution in [-0.4, -0.2) is 31.2 Å². The van der Waals surface area contributed by atoms with Gasteiger partial charge in [-0.3, -0.25) is 0 Å². The number of carbonyl (C=O) groups excluding carboxylic acids is 1. The van der Waals surface area contributed by atoms with Crippen LogP contribution in [-0.2, 0) is 19.8 Å². The summed E-state index contributed by atoms with van der Waals surface area (Å²) in [6.45, 7) is 3.83. The molecule has 1 aromatic rings. The maximum atomic E-state index is 12.2. The Morgan fingerprint density at radius 3 is 2.47 bits per heavy atom. The zero-order valence-electron chi connectivity index (χ0n) is 11.7. The van der Waals surface area contributed by atoms with Crippen LogP contribution in [0.2, 0.25) is 0 Å². The Kier molecular flexibility index (Phi) is 5.89. The second kappa shape index (κ2) is 7.19. The molecule has 1 rings (SSSR count). The van der Waals surface area contributed by atoms with Crippen molar-refractivity contribution >= 4 is 23.0 Å². The van der Waals surface area contributed by atoms with Gasteiger partial charge in [0.1, 0.15) is 0 Å². The molecule has 4 nitrogen and oxygen atoms in total. The summed E-state index contributed by atoms with van der Waals surface area (Å²) in [6.07, 6.45) is 1.85. The number of esters is 1. The number of benzene rings is 1. The zero-order valence-corrected chi connectivity index (χ0v) is 12.5. The van der Waals surface area contributed by atoms with Gasteiger partial charge < -0.3 is 9.47 Å². The fourth-order valence-electron chi connectivity index (χ4n) is 1.62. The Hall–Kier alpha value is -1.49. The third kappa shape index (κ3) is 3.73. The van der Waals surface area contributed by atoms with Crippen LogP contribution in [0.3, 0.4) is 0 Å². The van der Waals surface area contributed by atoms with Crippen LogP contribution in [0.25, 0.3) is 0 Å². The standard InChI is InChI=1S/C14H19NO3S/c1-5-18-12(16)14(2,15-13(17-3)19-4)11-9-7-6-8-10-11/h6-10H,5H2,1-4H3/b15-13-. The van der Waals surface area contributed by atoms with E-state index in [9.17, 15) is 4.79 Å². The number of hydrogen-bond acceptors (Lipinski definition) is 5. The highest BCUT2D eigenvalue weighted by atomic mass is 32.2. The van der Waals surface area contributed by atoms with Gasteiger partial charge in [-0.05, 0) is 25.7 Å². The van der Waals surface area contributed by atoms with Crippen molar-refractivity contribution in [2.45, 2.75) is 19.4 Å². The van der Waals surface area contributed by atoms with Crippen molar-refractivity contribution in [3.05, 3.63) is 35.9 Å². The molecule has 1 unspecified atom stereocenters. The summed E-state index contributed by atoms with van der Waals surface area (Å²) in [7, 11) is 1.53. The lowest BCUT2D eigenvalue weighted by molar-refractivity contribution is -0.149. The molecule has 104 valence electrons. The van der Waals surface area contributed by atoms with Crippen molar-refractivity contribution in [3.8, 4) is 0 Å². The summed E-state index contributed by atoms with van der Waals surface area (Å²) >= 11 is 1.35. The van der Waals surface area contributed by atoms with E-state index in [-0.39, 0.29) is 5.97 Å². The van der Waals surface area contributed by atoms with Crippen LogP contribution in [0.4, 0.5) is 0 Å². The largest absolute Gasteiger partial charge is 0.476 e. The van der Waals surface area contributed by atoms with E-state index in [1.807, 2.05) is 36.6 Å². The lowest BCUT2D eigenvalue weighted by Gasteiger charge is -2.24. The zero-order chi connectivity index (χ0) is 14.3. The Bertz CT molecular complexity index is 441. The van der Waals surface area contributed by atoms with E-state index in [1.165, 1.54) is 18.9 Å². The summed E-state index contributed by atoms with van der Waals surface area (Å²) in [5.41, 5.74) is -0.317. The molecule has 0 fully saturated rings. The Morgan fingerprint density at radius 1 is 1.37 bits per heavy atom. The lowest BCUT2D eigenvalue weighted by Crippen LogP contribution is -2.33. The maximum Gasteiger partial charge on any atom is 0.338 e. The van der Waals surface area contributed by atoms with E-state index in [0.717, 1.165) is 5.56 Å². The molecule has 0 aromatic heterocycles. The molecule has 0 saturated carbocycles. The van der Waals surface area contributed by atoms with Crippen LogP contribution in [0.15, 0.2) is 35.3 Å². The van der Waals surface area contributed by atoms with Gasteiger partial charge in [0, 0.05) is 0 Å². The molecule has 0 radical (unpaired) electrons. The van der Waals surface area contributed by atoms with Gasteiger partial charge in [0.25, 0.3) is 0 Å². The highest BCUT2D eigenvalue weighted by Crippen LogP contribution is 2.28. The first kappa shape index (κ1) is 15.6. The van der Waals surface area contributed by atoms with E-state index in [4.69, 9.17) is 9.47 Å². The Morgan fingerprint density at radius 2 is 2.00 bits per heavy atom. The fourth-order valence-corrected chi connectivity index (χ4v) is 2.06. The lowest BCUT2D eigenvalue weighted by atomic mass is 9.93. The Labute approximate surface area is 118 Å². The highest BCUT2D eigenvalue weighted by molar-refractivity contribution is 8.12. The summed E-state index contributed by atoms with van der Waals surface area (Å²) < 4.78 is 10.3. The number of hydrogen-bond donors (Lipinski definition) is 0. The number of nitrogens with zero attached hydrogens (tertiary/aromatic N) is 1. The molecular weight excluding hydrogens is 262 g/mol. The van der Waals surface area contributed by atoms with Gasteiger partial charge in [-0.1, -0.05) is 42.1 Å². The van der Waals surface area contributed by atoms with Gasteiger partial charge in [-0.2, -0.15) is 0 Å². The normalized spacial score (nSPS) is 14.6. The Balaban J connectivity index is 3.25. The second-order valence-corrected chi connectivity index (χ2v) is 4.70. The van der Waals surface area contributed by atoms with Crippen molar-refractivity contribution < 1.29 is 14.3 Å². The molecule has 0 bridgehead atoms. The number of aliphatic imine (C=N–C) groups is 1. The minimum absolute atomic E-state index is 0.318. The van der Waals surface area contributed by atoms with E-state index in [0.29, 0.717) is 11.8 Å². The van der Waals surface area contributed by atoms with Gasteiger partial charge in [-0.25, -0.2) is 9.79 Å². The average molecular weight is 281 g/mol. The molecule has 1 aromatic carbocycles. The van der Waals surface area contributed by atoms with E-state index in [1.54, 1.807) is 13.8 Å². The molecule has 0 N–H and O–H groups in total. The van der Waals surface area contributed by atoms with Crippen molar-refractivity contribution in [1.29, 1.82) is 0 Å². The third-order valence-corrected chi connectivity index (χ3v) is 3.28. The summed E-state index contributed by atoms with van der Waals surface area (Å²) in [6, 6.07) is 9.34. The van der Waals surface area contributed by atoms with Crippen molar-refractivity contribution in [1.82, 2.24) is 0 Å². The molecule has 0 heterocycles. The van der Waals surface area contributed by atoms with Gasteiger partial charge in [-0.15, -0.1) is 0 Å². The number of thioether (sulfide) groups is 1. The van der Waals surface area contributed by atoms with Crippen LogP contribution in [0.1, 0.15) is 19.4 Å². The topological polar surface area (TPSA) is 47.9 Å². The average Bonchev–Trinajstić information content (AvgIpc) is 2.45. The third-order valence-electron chi connectivity index (χ3n) is 2.67. The first-order chi connectivity index (χ1) is 9.08. The minimum Gasteiger partial charge on any atom is -0.476 e. The molecule has 0 spiro atoms. The molecule has 0 aliphatic carbocycles. The van der Waals surface area contributed by atoms with Crippen molar-refractivity contribution in [2.75, 3.05) is 20.0 Å². The van der Waals surface area contributed by atoms with Crippen molar-refractivity contribution in [3.63, 3.8) is 0 Å². The predicted molar refractivity (Wildman–Crippen MR) is 78.4 cm³/mol. The monoisotopic (exact) mass is 281 g/mol. The van der Waals surface area contributed by atoms with Crippen LogP contribution in [0.5, 0.6) is 0 Å². The van der Waals surface area contributed by atoms with Gasteiger partial charge in [0.15, 0.2) is 5.54 Å². The first-order valence-electron chi connectivity index (χ1n) is 5.99. The first-order valence-corrected chi connectivity index (χ1v) is 7.21. The van der Waals surface area contributed by atoms with Gasteiger partial charge in [0.05, 0.1) is 13.7 Å². The highest BCUT2D eigenvalue weighted by Gasteiger charge is 2.37. The van der Waals surface area contributed by atoms with Gasteiger partial charge >= 0.3 is 5.97 Å². The second-order valence-electron chi connectivity index (χ2n) is 3.94. The quantitative estimate of drug-likeness (QED) is 0.484. The molecule has 0 aliphatic heterocycles. The number of carbonyl (C=O) groups is 1. The fraction of sp³-hybridized carbons (Fsp3) is 0.429. The van der Waals surface area contributed by atoms with E-state index in [2.05, 4.69) is 4.99 Å². The number of rotatable bonds is 4. The van der Waals surface area contributed by atoms with E-state index < -0.39 is 5.54 Å². The van der Waals surface area contributed by atoms with Crippen LogP contribution < -0.4 is 0 Å². The molecular formula is C14H19NO3S. The van der Waals surface area contributed by atoms with Crippen molar-refractivity contribution in [2.24, 2.45) is 4.99 Å². The van der Waals surface area contributed by atoms with Crippen LogP contribution >= 0.6 is 11.8 Å². The molecule has 0 amide bonds. The summed E-state index contributed by atoms with van der Waals surface area (Å²) in [4.78, 5) is 16.7. The summed E-state index contributed by atoms with van der Waals surface area (Å²) in [5, 5.41) is 0.444. The summed E-state index contributed by atoms with van der Waals surface area (Å²) in [5.74, 6) is -0.384. The molecule has 19 heavy (non-hydrogen) atoms. The molecule has 0 aliphatic rings. The number of ether oxygens (including phenoxy) is 2. The van der Waals surface area contributed by atoms with Crippen LogP contribution in [0, 0.1) is 0 Å². The minimum atomic E-state index is -1.09. The van der Waals surface area contributed by atoms with Gasteiger partial charge in [0.2, 0.25) is 5.23 Å². The molecule has 0 saturated heterocycles. The smallest absolute Gasteiger partial charge is 0.338 e. The SMILES string of the molecule is CCOC(=O)C(C)(/N=C(/OC)SC)c1ccccc1. The maximum absolute atomic E-state index is 12.2. The number of methoxy groups -OCH3 is 1. The molecule has 5 heteroatoms. The van der Waals surface area contributed by atoms with E-state index >= 15 is 0 Å².